The molecule has 0 heterocycles. The van der Waals surface area contributed by atoms with E-state index in [-0.39, 0.29) is 23.4 Å². The molecular formula is C25H29NO5S. The van der Waals surface area contributed by atoms with Crippen molar-refractivity contribution in [1.82, 2.24) is 4.72 Å². The Hall–Kier alpha value is -2.74. The Morgan fingerprint density at radius 1 is 1.03 bits per heavy atom. The highest BCUT2D eigenvalue weighted by Crippen LogP contribution is 2.34. The van der Waals surface area contributed by atoms with E-state index >= 15 is 0 Å². The summed E-state index contributed by atoms with van der Waals surface area (Å²) in [6.07, 6.45) is 2.13. The van der Waals surface area contributed by atoms with Crippen LogP contribution in [0.15, 0.2) is 65.6 Å². The first-order chi connectivity index (χ1) is 15.4. The minimum absolute atomic E-state index is 0.00540. The number of unbranched alkanes of at least 4 members (excludes halogenated alkanes) is 1. The number of fused-ring (bicyclic) bond motifs is 1. The third-order valence-electron chi connectivity index (χ3n) is 5.60. The number of hydrogen-bond acceptors (Lipinski definition) is 5. The first kappa shape index (κ1) is 23.9. The van der Waals surface area contributed by atoms with Crippen LogP contribution in [-0.2, 0) is 21.2 Å². The fourth-order valence-corrected chi connectivity index (χ4v) is 4.78. The summed E-state index contributed by atoms with van der Waals surface area (Å²) in [5.74, 6) is -0.394. The molecule has 170 valence electrons. The van der Waals surface area contributed by atoms with Crippen LogP contribution in [0.4, 0.5) is 0 Å². The molecule has 2 aliphatic carbocycles. The van der Waals surface area contributed by atoms with Gasteiger partial charge in [0.2, 0.25) is 10.0 Å². The fraction of sp³-hybridized carbons (Fsp3) is 0.320. The maximum absolute atomic E-state index is 12.3. The van der Waals surface area contributed by atoms with Crippen LogP contribution < -0.4 is 4.72 Å². The molecule has 0 saturated heterocycles. The summed E-state index contributed by atoms with van der Waals surface area (Å²) in [6.45, 7) is 2.33. The lowest BCUT2D eigenvalue weighted by molar-refractivity contribution is 0.0602. The van der Waals surface area contributed by atoms with Crippen LogP contribution in [0.25, 0.3) is 11.1 Å². The average Bonchev–Trinajstić information content (AvgIpc) is 3.00. The molecule has 0 fully saturated rings. The lowest BCUT2D eigenvalue weighted by Crippen LogP contribution is -2.24. The Morgan fingerprint density at radius 3 is 2.38 bits per heavy atom. The van der Waals surface area contributed by atoms with Gasteiger partial charge in [-0.25, -0.2) is 17.9 Å². The predicted molar refractivity (Wildman–Crippen MR) is 124 cm³/mol. The van der Waals surface area contributed by atoms with E-state index in [0.29, 0.717) is 24.9 Å². The van der Waals surface area contributed by atoms with Crippen LogP contribution in [-0.4, -0.2) is 39.8 Å². The molecule has 0 saturated carbocycles. The molecule has 0 radical (unpaired) electrons. The third-order valence-corrected chi connectivity index (χ3v) is 7.07. The van der Waals surface area contributed by atoms with Crippen molar-refractivity contribution in [3.63, 3.8) is 0 Å². The highest BCUT2D eigenvalue weighted by atomic mass is 32.2. The molecule has 0 aromatic heterocycles. The van der Waals surface area contributed by atoms with Crippen LogP contribution in [0.2, 0.25) is 0 Å². The van der Waals surface area contributed by atoms with Crippen molar-refractivity contribution < 1.29 is 23.1 Å². The average molecular weight is 456 g/mol. The van der Waals surface area contributed by atoms with E-state index in [9.17, 15) is 18.3 Å². The molecule has 32 heavy (non-hydrogen) atoms. The van der Waals surface area contributed by atoms with E-state index in [0.717, 1.165) is 28.7 Å². The van der Waals surface area contributed by atoms with Crippen molar-refractivity contribution in [3.8, 4) is 11.1 Å². The van der Waals surface area contributed by atoms with Crippen molar-refractivity contribution in [3.05, 3.63) is 77.4 Å². The monoisotopic (exact) mass is 455 g/mol. The number of carbonyl (C=O) groups excluding carboxylic acids is 1. The molecule has 1 unspecified atom stereocenters. The second-order valence-electron chi connectivity index (χ2n) is 7.82. The number of ether oxygens (including phenoxy) is 1. The van der Waals surface area contributed by atoms with E-state index in [4.69, 9.17) is 4.74 Å². The van der Waals surface area contributed by atoms with Gasteiger partial charge in [-0.3, -0.25) is 0 Å². The number of hydrogen-bond donors (Lipinski definition) is 2. The van der Waals surface area contributed by atoms with Gasteiger partial charge in [0.05, 0.1) is 17.6 Å². The third kappa shape index (κ3) is 5.54. The molecule has 0 aliphatic heterocycles. The van der Waals surface area contributed by atoms with Gasteiger partial charge in [0.25, 0.3) is 0 Å². The predicted octanol–water partition coefficient (Wildman–Crippen LogP) is 3.98. The summed E-state index contributed by atoms with van der Waals surface area (Å²) in [4.78, 5) is 12.6. The Bertz CT molecular complexity index is 1130. The van der Waals surface area contributed by atoms with Gasteiger partial charge in [-0.1, -0.05) is 49.4 Å². The number of aliphatic hydroxyl groups excluding tert-OH is 1. The number of methoxy groups -OCH3 is 1. The fourth-order valence-electron chi connectivity index (χ4n) is 3.69. The zero-order chi connectivity index (χ0) is 23.1. The molecule has 2 N–H and O–H groups in total. The van der Waals surface area contributed by atoms with Crippen LogP contribution in [0.5, 0.6) is 0 Å². The number of aliphatic hydroxyl groups is 1. The van der Waals surface area contributed by atoms with E-state index in [1.807, 2.05) is 37.3 Å². The zero-order valence-corrected chi connectivity index (χ0v) is 19.2. The minimum atomic E-state index is -3.51. The summed E-state index contributed by atoms with van der Waals surface area (Å²) in [5.41, 5.74) is 4.30. The summed E-state index contributed by atoms with van der Waals surface area (Å²) < 4.78 is 32.2. The van der Waals surface area contributed by atoms with Gasteiger partial charge in [0.1, 0.15) is 0 Å². The summed E-state index contributed by atoms with van der Waals surface area (Å²) in [6, 6.07) is 18.0. The summed E-state index contributed by atoms with van der Waals surface area (Å²) >= 11 is 0. The molecule has 0 spiro atoms. The molecule has 1 aromatic rings. The topological polar surface area (TPSA) is 92.7 Å². The molecule has 2 aliphatic rings. The van der Waals surface area contributed by atoms with Crippen LogP contribution in [0.1, 0.15) is 47.2 Å². The van der Waals surface area contributed by atoms with Gasteiger partial charge >= 0.3 is 5.97 Å². The highest BCUT2D eigenvalue weighted by Gasteiger charge is 2.21. The summed E-state index contributed by atoms with van der Waals surface area (Å²) in [7, 11) is -2.14. The number of esters is 1. The molecule has 0 bridgehead atoms. The quantitative estimate of drug-likeness (QED) is 0.356. The standard InChI is InChI=1S/C25H29NO5S/c1-18(17-27)19-11-13-22-20(16-24(25(28)31-2)23(22)14-12-19)8-6-7-15-26-32(29,30)21-9-4-3-5-10-21/h3-5,9-14,16,18,26-27H,6-8,15,17H2,1-2H3. The van der Waals surface area contributed by atoms with E-state index in [2.05, 4.69) is 4.72 Å². The lowest BCUT2D eigenvalue weighted by Gasteiger charge is -2.07. The number of aryl methyl sites for hydroxylation is 1. The van der Waals surface area contributed by atoms with E-state index in [1.165, 1.54) is 7.11 Å². The molecule has 3 rings (SSSR count). The number of rotatable bonds is 10. The summed E-state index contributed by atoms with van der Waals surface area (Å²) in [5, 5.41) is 9.47. The van der Waals surface area contributed by atoms with Crippen LogP contribution >= 0.6 is 0 Å². The molecular weight excluding hydrogens is 426 g/mol. The van der Waals surface area contributed by atoms with Crippen LogP contribution in [0, 0.1) is 0 Å². The van der Waals surface area contributed by atoms with Gasteiger partial charge < -0.3 is 9.84 Å². The van der Waals surface area contributed by atoms with Gasteiger partial charge in [-0.15, -0.1) is 0 Å². The van der Waals surface area contributed by atoms with Gasteiger partial charge in [0, 0.05) is 19.1 Å². The lowest BCUT2D eigenvalue weighted by atomic mass is 10.0. The van der Waals surface area contributed by atoms with Crippen molar-refractivity contribution in [2.24, 2.45) is 0 Å². The number of benzene rings is 1. The smallest absolute Gasteiger partial charge is 0.338 e. The Balaban J connectivity index is 1.70. The highest BCUT2D eigenvalue weighted by molar-refractivity contribution is 7.89. The maximum atomic E-state index is 12.3. The number of carbonyl (C=O) groups is 1. The number of nitrogens with one attached hydrogen (secondary N) is 1. The zero-order valence-electron chi connectivity index (χ0n) is 18.4. The molecule has 1 aromatic carbocycles. The maximum Gasteiger partial charge on any atom is 0.338 e. The Kier molecular flexibility index (Phi) is 8.01. The first-order valence-electron chi connectivity index (χ1n) is 10.7. The second-order valence-corrected chi connectivity index (χ2v) is 9.59. The van der Waals surface area contributed by atoms with Crippen molar-refractivity contribution in [2.75, 3.05) is 20.3 Å². The SMILES string of the molecule is COC(=O)c1cc(CCCCNS(=O)(=O)c2ccccc2)c2ccc(C(C)CO)ccc1-2. The van der Waals surface area contributed by atoms with Gasteiger partial charge in [-0.05, 0) is 59.7 Å². The Morgan fingerprint density at radius 2 is 1.72 bits per heavy atom. The molecule has 0 amide bonds. The first-order valence-corrected chi connectivity index (χ1v) is 12.1. The van der Waals surface area contributed by atoms with Crippen molar-refractivity contribution in [1.29, 1.82) is 0 Å². The van der Waals surface area contributed by atoms with Crippen LogP contribution in [0.3, 0.4) is 0 Å². The normalized spacial score (nSPS) is 12.6. The number of sulfonamides is 1. The second kappa shape index (κ2) is 10.7. The van der Waals surface area contributed by atoms with Crippen molar-refractivity contribution >= 4 is 16.0 Å². The molecule has 6 nitrogen and oxygen atoms in total. The van der Waals surface area contributed by atoms with Gasteiger partial charge in [0.15, 0.2) is 0 Å². The molecule has 7 heteroatoms. The Labute approximate surface area is 189 Å². The van der Waals surface area contributed by atoms with Gasteiger partial charge in [-0.2, -0.15) is 0 Å². The minimum Gasteiger partial charge on any atom is -0.465 e. The van der Waals surface area contributed by atoms with E-state index in [1.54, 1.807) is 30.3 Å². The largest absolute Gasteiger partial charge is 0.465 e. The van der Waals surface area contributed by atoms with Crippen molar-refractivity contribution in [2.45, 2.75) is 37.0 Å². The molecule has 1 atom stereocenters. The van der Waals surface area contributed by atoms with E-state index < -0.39 is 10.0 Å².